The van der Waals surface area contributed by atoms with Gasteiger partial charge in [0.15, 0.2) is 5.11 Å². The fourth-order valence-electron chi connectivity index (χ4n) is 1.25. The molecule has 0 atom stereocenters. The lowest BCUT2D eigenvalue weighted by Gasteiger charge is -2.31. The molecule has 0 fully saturated rings. The summed E-state index contributed by atoms with van der Waals surface area (Å²) in [7, 11) is 0. The third kappa shape index (κ3) is 4.03. The van der Waals surface area contributed by atoms with Gasteiger partial charge in [0.1, 0.15) is 5.75 Å². The van der Waals surface area contributed by atoms with Crippen LogP contribution in [-0.2, 0) is 0 Å². The molecule has 0 bridgehead atoms. The fourth-order valence-corrected chi connectivity index (χ4v) is 1.57. The lowest BCUT2D eigenvalue weighted by Crippen LogP contribution is -2.44. The van der Waals surface area contributed by atoms with Gasteiger partial charge in [-0.2, -0.15) is 5.10 Å². The van der Waals surface area contributed by atoms with Crippen molar-refractivity contribution in [3.63, 3.8) is 0 Å². The molecule has 17 heavy (non-hydrogen) atoms. The highest BCUT2D eigenvalue weighted by Gasteiger charge is 2.21. The highest BCUT2D eigenvalue weighted by atomic mass is 32.1. The molecule has 0 spiro atoms. The molecule has 5 heteroatoms. The van der Waals surface area contributed by atoms with Gasteiger partial charge in [0.25, 0.3) is 0 Å². The number of aromatic hydroxyl groups is 1. The summed E-state index contributed by atoms with van der Waals surface area (Å²) in [5.41, 5.74) is 6.22. The van der Waals surface area contributed by atoms with Gasteiger partial charge in [0.05, 0.1) is 11.8 Å². The second kappa shape index (κ2) is 5.14. The van der Waals surface area contributed by atoms with E-state index in [-0.39, 0.29) is 16.4 Å². The van der Waals surface area contributed by atoms with E-state index in [1.165, 1.54) is 0 Å². The number of benzene rings is 1. The predicted molar refractivity (Wildman–Crippen MR) is 74.1 cm³/mol. The molecule has 0 aromatic heterocycles. The molecule has 1 aromatic rings. The maximum Gasteiger partial charge on any atom is 0.187 e. The largest absolute Gasteiger partial charge is 0.508 e. The van der Waals surface area contributed by atoms with Gasteiger partial charge >= 0.3 is 0 Å². The zero-order chi connectivity index (χ0) is 13.1. The summed E-state index contributed by atoms with van der Waals surface area (Å²) in [6.07, 6.45) is 1.66. The molecule has 0 heterocycles. The average molecular weight is 251 g/mol. The number of rotatable bonds is 2. The van der Waals surface area contributed by atoms with Gasteiger partial charge < -0.3 is 10.8 Å². The van der Waals surface area contributed by atoms with E-state index < -0.39 is 0 Å². The minimum atomic E-state index is -0.265. The summed E-state index contributed by atoms with van der Waals surface area (Å²) in [4.78, 5) is 0. The predicted octanol–water partition coefficient (Wildman–Crippen LogP) is 2.07. The maximum absolute atomic E-state index is 9.16. The van der Waals surface area contributed by atoms with Crippen LogP contribution in [0.2, 0.25) is 0 Å². The highest BCUT2D eigenvalue weighted by Crippen LogP contribution is 2.14. The van der Waals surface area contributed by atoms with Crippen LogP contribution in [0.5, 0.6) is 5.75 Å². The molecule has 1 aromatic carbocycles. The molecule has 3 N–H and O–H groups in total. The van der Waals surface area contributed by atoms with Gasteiger partial charge in [0.2, 0.25) is 0 Å². The van der Waals surface area contributed by atoms with Crippen molar-refractivity contribution in [2.75, 3.05) is 0 Å². The first-order valence-corrected chi connectivity index (χ1v) is 5.64. The van der Waals surface area contributed by atoms with E-state index in [4.69, 9.17) is 23.1 Å². The standard InChI is InChI=1S/C12H17N3OS/c1-12(2,3)15(11(13)17)14-8-9-4-6-10(16)7-5-9/h4-8,16H,1-3H3,(H2,13,17)/b14-8+. The smallest absolute Gasteiger partial charge is 0.187 e. The minimum absolute atomic E-state index is 0.226. The van der Waals surface area contributed by atoms with Crippen molar-refractivity contribution in [2.24, 2.45) is 10.8 Å². The second-order valence-electron chi connectivity index (χ2n) is 4.66. The summed E-state index contributed by atoms with van der Waals surface area (Å²) in [6.45, 7) is 5.92. The lowest BCUT2D eigenvalue weighted by atomic mass is 10.1. The van der Waals surface area contributed by atoms with Crippen LogP contribution in [0.1, 0.15) is 26.3 Å². The van der Waals surface area contributed by atoms with Crippen LogP contribution in [0, 0.1) is 0 Å². The van der Waals surface area contributed by atoms with Crippen LogP contribution in [0.15, 0.2) is 29.4 Å². The first kappa shape index (κ1) is 13.4. The maximum atomic E-state index is 9.16. The third-order valence-electron chi connectivity index (χ3n) is 2.06. The van der Waals surface area contributed by atoms with E-state index in [1.807, 2.05) is 20.8 Å². The van der Waals surface area contributed by atoms with E-state index in [1.54, 1.807) is 35.5 Å². The molecular formula is C12H17N3OS. The lowest BCUT2D eigenvalue weighted by molar-refractivity contribution is 0.250. The second-order valence-corrected chi connectivity index (χ2v) is 5.08. The minimum Gasteiger partial charge on any atom is -0.508 e. The van der Waals surface area contributed by atoms with Gasteiger partial charge in [-0.3, -0.25) is 0 Å². The van der Waals surface area contributed by atoms with Gasteiger partial charge in [0, 0.05) is 0 Å². The topological polar surface area (TPSA) is 61.8 Å². The summed E-state index contributed by atoms with van der Waals surface area (Å²) in [5, 5.41) is 15.2. The van der Waals surface area contributed by atoms with E-state index in [0.717, 1.165) is 5.56 Å². The summed E-state index contributed by atoms with van der Waals surface area (Å²) < 4.78 is 0. The number of nitrogens with zero attached hydrogens (tertiary/aromatic N) is 2. The Bertz CT molecular complexity index is 420. The van der Waals surface area contributed by atoms with Crippen LogP contribution < -0.4 is 5.73 Å². The molecule has 0 aliphatic rings. The zero-order valence-electron chi connectivity index (χ0n) is 10.2. The van der Waals surface area contributed by atoms with Crippen LogP contribution in [0.4, 0.5) is 0 Å². The molecule has 0 saturated heterocycles. The van der Waals surface area contributed by atoms with E-state index in [9.17, 15) is 0 Å². The van der Waals surface area contributed by atoms with Gasteiger partial charge in [-0.15, -0.1) is 0 Å². The van der Waals surface area contributed by atoms with Crippen molar-refractivity contribution in [1.82, 2.24) is 5.01 Å². The normalized spacial score (nSPS) is 11.7. The Morgan fingerprint density at radius 3 is 2.29 bits per heavy atom. The van der Waals surface area contributed by atoms with Gasteiger partial charge in [-0.05, 0) is 62.8 Å². The van der Waals surface area contributed by atoms with Gasteiger partial charge in [-0.1, -0.05) is 0 Å². The molecule has 0 saturated carbocycles. The van der Waals surface area contributed by atoms with Crippen molar-refractivity contribution < 1.29 is 5.11 Å². The average Bonchev–Trinajstić information content (AvgIpc) is 2.18. The highest BCUT2D eigenvalue weighted by molar-refractivity contribution is 7.80. The molecule has 1 rings (SSSR count). The quantitative estimate of drug-likeness (QED) is 0.480. The van der Waals surface area contributed by atoms with Crippen molar-refractivity contribution in [3.8, 4) is 5.75 Å². The molecule has 0 aliphatic heterocycles. The van der Waals surface area contributed by atoms with Crippen molar-refractivity contribution in [1.29, 1.82) is 0 Å². The van der Waals surface area contributed by atoms with Crippen molar-refractivity contribution >= 4 is 23.5 Å². The molecule has 0 amide bonds. The molecule has 4 nitrogen and oxygen atoms in total. The number of thiocarbonyl (C=S) groups is 1. The molecule has 0 unspecified atom stereocenters. The first-order chi connectivity index (χ1) is 7.80. The Morgan fingerprint density at radius 1 is 1.35 bits per heavy atom. The van der Waals surface area contributed by atoms with Crippen molar-refractivity contribution in [2.45, 2.75) is 26.3 Å². The van der Waals surface area contributed by atoms with E-state index in [0.29, 0.717) is 0 Å². The van der Waals surface area contributed by atoms with Crippen LogP contribution in [0.3, 0.4) is 0 Å². The molecule has 0 aliphatic carbocycles. The molecule has 92 valence electrons. The Hall–Kier alpha value is -1.62. The summed E-state index contributed by atoms with van der Waals surface area (Å²) in [6, 6.07) is 6.73. The zero-order valence-corrected chi connectivity index (χ0v) is 11.0. The molecular weight excluding hydrogens is 234 g/mol. The summed E-state index contributed by atoms with van der Waals surface area (Å²) in [5.74, 6) is 0.226. The van der Waals surface area contributed by atoms with E-state index >= 15 is 0 Å². The number of hydrazone groups is 1. The van der Waals surface area contributed by atoms with Gasteiger partial charge in [-0.25, -0.2) is 5.01 Å². The number of phenols is 1. The monoisotopic (exact) mass is 251 g/mol. The Balaban J connectivity index is 2.87. The third-order valence-corrected chi connectivity index (χ3v) is 2.23. The van der Waals surface area contributed by atoms with Crippen LogP contribution in [0.25, 0.3) is 0 Å². The summed E-state index contributed by atoms with van der Waals surface area (Å²) >= 11 is 4.95. The van der Waals surface area contributed by atoms with E-state index in [2.05, 4.69) is 5.10 Å². The number of hydrogen-bond acceptors (Lipinski definition) is 3. The Morgan fingerprint density at radius 2 is 1.88 bits per heavy atom. The van der Waals surface area contributed by atoms with Crippen LogP contribution >= 0.6 is 12.2 Å². The number of hydrogen-bond donors (Lipinski definition) is 2. The Labute approximate surface area is 107 Å². The molecule has 0 radical (unpaired) electrons. The first-order valence-electron chi connectivity index (χ1n) is 5.23. The Kier molecular flexibility index (Phi) is 4.07. The fraction of sp³-hybridized carbons (Fsp3) is 0.333. The van der Waals surface area contributed by atoms with Crippen LogP contribution in [-0.4, -0.2) is 27.0 Å². The number of phenolic OH excluding ortho intramolecular Hbond substituents is 1. The van der Waals surface area contributed by atoms with Crippen molar-refractivity contribution in [3.05, 3.63) is 29.8 Å². The SMILES string of the molecule is CC(C)(C)N(/N=C/c1ccc(O)cc1)C(N)=S. The number of nitrogens with two attached hydrogens (primary N) is 1.